The molecule has 3 N–H and O–H groups in total. The van der Waals surface area contributed by atoms with Crippen LogP contribution < -0.4 is 5.73 Å². The minimum Gasteiger partial charge on any atom is -0.337 e. The molecule has 0 atom stereocenters. The molecular formula is C16H17N3S. The number of aryl methyl sites for hydroxylation is 2. The lowest BCUT2D eigenvalue weighted by Gasteiger charge is -2.02. The SMILES string of the molecule is Cc1cc(C)cc(-c2cnc(-c3cc(CN)cs3)[nH]2)c1. The first-order valence-electron chi connectivity index (χ1n) is 6.57. The van der Waals surface area contributed by atoms with Crippen LogP contribution in [0.2, 0.25) is 0 Å². The van der Waals surface area contributed by atoms with Crippen LogP contribution in [0.4, 0.5) is 0 Å². The number of hydrogen-bond donors (Lipinski definition) is 2. The van der Waals surface area contributed by atoms with E-state index in [0.717, 1.165) is 22.0 Å². The molecule has 0 aliphatic carbocycles. The van der Waals surface area contributed by atoms with Crippen LogP contribution in [0.5, 0.6) is 0 Å². The molecule has 0 saturated carbocycles. The van der Waals surface area contributed by atoms with Gasteiger partial charge in [0.25, 0.3) is 0 Å². The zero-order valence-corrected chi connectivity index (χ0v) is 12.4. The first kappa shape index (κ1) is 13.1. The van der Waals surface area contributed by atoms with Crippen molar-refractivity contribution in [1.82, 2.24) is 9.97 Å². The molecule has 3 aromatic rings. The number of benzene rings is 1. The van der Waals surface area contributed by atoms with E-state index in [4.69, 9.17) is 5.73 Å². The number of aromatic amines is 1. The number of rotatable bonds is 3. The molecule has 3 rings (SSSR count). The van der Waals surface area contributed by atoms with Crippen LogP contribution in [0, 0.1) is 13.8 Å². The van der Waals surface area contributed by atoms with Crippen molar-refractivity contribution >= 4 is 11.3 Å². The van der Waals surface area contributed by atoms with Crippen molar-refractivity contribution in [3.63, 3.8) is 0 Å². The Morgan fingerprint density at radius 1 is 1.15 bits per heavy atom. The normalized spacial score (nSPS) is 10.9. The summed E-state index contributed by atoms with van der Waals surface area (Å²) in [6.07, 6.45) is 1.89. The van der Waals surface area contributed by atoms with Crippen LogP contribution in [0.15, 0.2) is 35.8 Å². The molecule has 2 heterocycles. The minimum atomic E-state index is 0.571. The molecule has 2 aromatic heterocycles. The van der Waals surface area contributed by atoms with Crippen LogP contribution in [-0.2, 0) is 6.54 Å². The monoisotopic (exact) mass is 283 g/mol. The van der Waals surface area contributed by atoms with E-state index >= 15 is 0 Å². The lowest BCUT2D eigenvalue weighted by atomic mass is 10.1. The van der Waals surface area contributed by atoms with Gasteiger partial charge in [0.05, 0.1) is 16.8 Å². The van der Waals surface area contributed by atoms with Crippen molar-refractivity contribution < 1.29 is 0 Å². The summed E-state index contributed by atoms with van der Waals surface area (Å²) in [5.74, 6) is 0.906. The highest BCUT2D eigenvalue weighted by atomic mass is 32.1. The third kappa shape index (κ3) is 2.53. The first-order chi connectivity index (χ1) is 9.65. The second kappa shape index (κ2) is 5.23. The van der Waals surface area contributed by atoms with Crippen molar-refractivity contribution in [2.75, 3.05) is 0 Å². The predicted octanol–water partition coefficient (Wildman–Crippen LogP) is 3.88. The Bertz CT molecular complexity index is 720. The third-order valence-electron chi connectivity index (χ3n) is 3.23. The van der Waals surface area contributed by atoms with Crippen molar-refractivity contribution in [2.24, 2.45) is 5.73 Å². The van der Waals surface area contributed by atoms with Crippen LogP contribution in [0.1, 0.15) is 16.7 Å². The second-order valence-electron chi connectivity index (χ2n) is 5.05. The van der Waals surface area contributed by atoms with Crippen molar-refractivity contribution in [2.45, 2.75) is 20.4 Å². The minimum absolute atomic E-state index is 0.571. The molecule has 102 valence electrons. The van der Waals surface area contributed by atoms with E-state index in [-0.39, 0.29) is 0 Å². The van der Waals surface area contributed by atoms with Gasteiger partial charge < -0.3 is 10.7 Å². The number of hydrogen-bond acceptors (Lipinski definition) is 3. The van der Waals surface area contributed by atoms with Gasteiger partial charge in [-0.1, -0.05) is 17.2 Å². The molecule has 4 heteroatoms. The van der Waals surface area contributed by atoms with Crippen molar-refractivity contribution in [3.8, 4) is 22.0 Å². The standard InChI is InChI=1S/C16H17N3S/c1-10-3-11(2)5-13(4-10)14-8-18-16(19-14)15-6-12(7-17)9-20-15/h3-6,8-9H,7,17H2,1-2H3,(H,18,19). The number of nitrogens with one attached hydrogen (secondary N) is 1. The lowest BCUT2D eigenvalue weighted by molar-refractivity contribution is 1.08. The molecule has 0 amide bonds. The Kier molecular flexibility index (Phi) is 3.42. The maximum atomic E-state index is 5.65. The van der Waals surface area contributed by atoms with E-state index in [1.54, 1.807) is 11.3 Å². The van der Waals surface area contributed by atoms with Gasteiger partial charge in [-0.3, -0.25) is 0 Å². The van der Waals surface area contributed by atoms with Gasteiger partial charge in [0.2, 0.25) is 0 Å². The van der Waals surface area contributed by atoms with Crippen LogP contribution in [-0.4, -0.2) is 9.97 Å². The van der Waals surface area contributed by atoms with Gasteiger partial charge in [-0.2, -0.15) is 0 Å². The van der Waals surface area contributed by atoms with E-state index in [1.807, 2.05) is 6.20 Å². The first-order valence-corrected chi connectivity index (χ1v) is 7.45. The number of H-pyrrole nitrogens is 1. The molecule has 0 fully saturated rings. The highest BCUT2D eigenvalue weighted by Crippen LogP contribution is 2.28. The fourth-order valence-electron chi connectivity index (χ4n) is 2.33. The maximum absolute atomic E-state index is 5.65. The smallest absolute Gasteiger partial charge is 0.147 e. The fourth-order valence-corrected chi connectivity index (χ4v) is 3.21. The zero-order chi connectivity index (χ0) is 14.1. The molecule has 0 aliphatic rings. The summed E-state index contributed by atoms with van der Waals surface area (Å²) in [7, 11) is 0. The Hall–Kier alpha value is -1.91. The fraction of sp³-hybridized carbons (Fsp3) is 0.188. The average molecular weight is 283 g/mol. The highest BCUT2D eigenvalue weighted by molar-refractivity contribution is 7.13. The van der Waals surface area contributed by atoms with Gasteiger partial charge in [0.15, 0.2) is 0 Å². The number of nitrogens with two attached hydrogens (primary N) is 1. The number of aromatic nitrogens is 2. The van der Waals surface area contributed by atoms with Crippen LogP contribution in [0.3, 0.4) is 0 Å². The molecule has 0 aliphatic heterocycles. The van der Waals surface area contributed by atoms with Gasteiger partial charge >= 0.3 is 0 Å². The van der Waals surface area contributed by atoms with E-state index in [1.165, 1.54) is 16.7 Å². The van der Waals surface area contributed by atoms with Gasteiger partial charge in [-0.15, -0.1) is 11.3 Å². The molecule has 1 aromatic carbocycles. The molecule has 0 unspecified atom stereocenters. The summed E-state index contributed by atoms with van der Waals surface area (Å²) < 4.78 is 0. The van der Waals surface area contributed by atoms with E-state index in [2.05, 4.69) is 53.5 Å². The summed E-state index contributed by atoms with van der Waals surface area (Å²) in [5, 5.41) is 2.08. The van der Waals surface area contributed by atoms with Crippen LogP contribution >= 0.6 is 11.3 Å². The molecule has 0 radical (unpaired) electrons. The van der Waals surface area contributed by atoms with Gasteiger partial charge in [-0.05, 0) is 43.0 Å². The largest absolute Gasteiger partial charge is 0.337 e. The summed E-state index contributed by atoms with van der Waals surface area (Å²) >= 11 is 1.67. The highest BCUT2D eigenvalue weighted by Gasteiger charge is 2.08. The van der Waals surface area contributed by atoms with Gasteiger partial charge in [0.1, 0.15) is 5.82 Å². The van der Waals surface area contributed by atoms with Crippen molar-refractivity contribution in [3.05, 3.63) is 52.5 Å². The molecule has 20 heavy (non-hydrogen) atoms. The topological polar surface area (TPSA) is 54.7 Å². The average Bonchev–Trinajstić information content (AvgIpc) is 3.06. The molecule has 0 spiro atoms. The quantitative estimate of drug-likeness (QED) is 0.766. The Balaban J connectivity index is 1.97. The second-order valence-corrected chi connectivity index (χ2v) is 5.96. The van der Waals surface area contributed by atoms with E-state index < -0.39 is 0 Å². The van der Waals surface area contributed by atoms with Crippen molar-refractivity contribution in [1.29, 1.82) is 0 Å². The summed E-state index contributed by atoms with van der Waals surface area (Å²) in [4.78, 5) is 9.01. The third-order valence-corrected chi connectivity index (χ3v) is 4.22. The summed E-state index contributed by atoms with van der Waals surface area (Å²) in [5.41, 5.74) is 11.5. The van der Waals surface area contributed by atoms with Gasteiger partial charge in [0, 0.05) is 12.1 Å². The Labute approximate surface area is 122 Å². The number of nitrogens with zero attached hydrogens (tertiary/aromatic N) is 1. The summed E-state index contributed by atoms with van der Waals surface area (Å²) in [6, 6.07) is 8.61. The zero-order valence-electron chi connectivity index (χ0n) is 11.6. The summed E-state index contributed by atoms with van der Waals surface area (Å²) in [6.45, 7) is 4.79. The lowest BCUT2D eigenvalue weighted by Crippen LogP contribution is -1.92. The number of thiophene rings is 1. The molecule has 3 nitrogen and oxygen atoms in total. The molecule has 0 bridgehead atoms. The predicted molar refractivity (Wildman–Crippen MR) is 84.7 cm³/mol. The van der Waals surface area contributed by atoms with Crippen LogP contribution in [0.25, 0.3) is 22.0 Å². The maximum Gasteiger partial charge on any atom is 0.147 e. The van der Waals surface area contributed by atoms with E-state index in [9.17, 15) is 0 Å². The van der Waals surface area contributed by atoms with Gasteiger partial charge in [-0.25, -0.2) is 4.98 Å². The van der Waals surface area contributed by atoms with E-state index in [0.29, 0.717) is 6.54 Å². The molecule has 0 saturated heterocycles. The Morgan fingerprint density at radius 3 is 2.55 bits per heavy atom. The molecular weight excluding hydrogens is 266 g/mol. The number of imidazole rings is 1. The Morgan fingerprint density at radius 2 is 1.90 bits per heavy atom.